The highest BCUT2D eigenvalue weighted by molar-refractivity contribution is 7.90. The Kier molecular flexibility index (Phi) is 5.79. The number of amides is 3. The van der Waals surface area contributed by atoms with E-state index in [1.807, 2.05) is 0 Å². The molecule has 0 bridgehead atoms. The summed E-state index contributed by atoms with van der Waals surface area (Å²) in [5, 5.41) is 2.19. The second kappa shape index (κ2) is 7.35. The molecule has 0 spiro atoms. The van der Waals surface area contributed by atoms with Crippen LogP contribution >= 0.6 is 0 Å². The highest BCUT2D eigenvalue weighted by atomic mass is 32.2. The summed E-state index contributed by atoms with van der Waals surface area (Å²) in [6, 6.07) is 4.47. The molecule has 0 aliphatic carbocycles. The van der Waals surface area contributed by atoms with Gasteiger partial charge in [0.05, 0.1) is 11.5 Å². The van der Waals surface area contributed by atoms with E-state index in [0.717, 1.165) is 12.1 Å². The van der Waals surface area contributed by atoms with Gasteiger partial charge in [-0.2, -0.15) is 0 Å². The Morgan fingerprint density at radius 2 is 1.65 bits per heavy atom. The van der Waals surface area contributed by atoms with E-state index in [1.165, 1.54) is 23.8 Å². The molecule has 0 radical (unpaired) electrons. The molecule has 1 rings (SSSR count). The first kappa shape index (κ1) is 18.1. The monoisotopic (exact) mass is 343 g/mol. The van der Waals surface area contributed by atoms with Crippen molar-refractivity contribution in [3.05, 3.63) is 24.3 Å². The van der Waals surface area contributed by atoms with Crippen LogP contribution in [0.4, 0.5) is 5.69 Å². The topological polar surface area (TPSA) is 162 Å². The number of ether oxygens (including phenoxy) is 1. The smallest absolute Gasteiger partial charge is 0.397 e. The molecule has 0 aliphatic heterocycles. The van der Waals surface area contributed by atoms with Crippen LogP contribution < -0.4 is 15.8 Å². The lowest BCUT2D eigenvalue weighted by atomic mass is 10.3. The molecule has 0 aromatic heterocycles. The SMILES string of the molecule is CCOC(=O)C(=O)Nc1ccc(S(=O)(=O)NC(=O)C(N)=O)cc1. The molecular weight excluding hydrogens is 330 g/mol. The second-order valence-electron chi connectivity index (χ2n) is 4.00. The van der Waals surface area contributed by atoms with E-state index in [9.17, 15) is 27.6 Å². The number of benzene rings is 1. The number of anilines is 1. The van der Waals surface area contributed by atoms with Crippen molar-refractivity contribution in [1.82, 2.24) is 4.72 Å². The van der Waals surface area contributed by atoms with Crippen LogP contribution in [0.2, 0.25) is 0 Å². The molecule has 0 fully saturated rings. The number of carbonyl (C=O) groups is 4. The minimum atomic E-state index is -4.28. The van der Waals surface area contributed by atoms with Crippen LogP contribution in [0.5, 0.6) is 0 Å². The number of nitrogens with one attached hydrogen (secondary N) is 2. The first-order valence-corrected chi connectivity index (χ1v) is 7.60. The highest BCUT2D eigenvalue weighted by Gasteiger charge is 2.21. The molecule has 10 nitrogen and oxygen atoms in total. The van der Waals surface area contributed by atoms with Crippen molar-refractivity contribution in [2.24, 2.45) is 5.73 Å². The second-order valence-corrected chi connectivity index (χ2v) is 5.68. The fraction of sp³-hybridized carbons (Fsp3) is 0.167. The fourth-order valence-electron chi connectivity index (χ4n) is 1.33. The number of nitrogens with two attached hydrogens (primary N) is 1. The molecule has 4 N–H and O–H groups in total. The van der Waals surface area contributed by atoms with Crippen LogP contribution in [0, 0.1) is 0 Å². The number of sulfonamides is 1. The first-order chi connectivity index (χ1) is 10.7. The van der Waals surface area contributed by atoms with Crippen molar-refractivity contribution in [2.75, 3.05) is 11.9 Å². The third-order valence-corrected chi connectivity index (χ3v) is 3.68. The maximum atomic E-state index is 11.8. The van der Waals surface area contributed by atoms with Crippen LogP contribution in [0.15, 0.2) is 29.2 Å². The van der Waals surface area contributed by atoms with Crippen molar-refractivity contribution in [3.8, 4) is 0 Å². The minimum absolute atomic E-state index is 0.0307. The van der Waals surface area contributed by atoms with Crippen LogP contribution in [0.3, 0.4) is 0 Å². The van der Waals surface area contributed by atoms with Gasteiger partial charge >= 0.3 is 23.7 Å². The summed E-state index contributed by atoms with van der Waals surface area (Å²) in [6.45, 7) is 1.56. The molecule has 0 unspecified atom stereocenters. The van der Waals surface area contributed by atoms with E-state index in [0.29, 0.717) is 0 Å². The predicted molar refractivity (Wildman–Crippen MR) is 76.2 cm³/mol. The predicted octanol–water partition coefficient (Wildman–Crippen LogP) is -1.52. The molecule has 0 saturated carbocycles. The summed E-state index contributed by atoms with van der Waals surface area (Å²) in [7, 11) is -4.28. The third-order valence-electron chi connectivity index (χ3n) is 2.33. The van der Waals surface area contributed by atoms with Crippen molar-refractivity contribution < 1.29 is 32.3 Å². The first-order valence-electron chi connectivity index (χ1n) is 6.12. The summed E-state index contributed by atoms with van der Waals surface area (Å²) in [6.07, 6.45) is 0. The lowest BCUT2D eigenvalue weighted by molar-refractivity contribution is -0.152. The number of carbonyl (C=O) groups excluding carboxylic acids is 4. The van der Waals surface area contributed by atoms with Crippen LogP contribution in [0.25, 0.3) is 0 Å². The van der Waals surface area contributed by atoms with E-state index in [-0.39, 0.29) is 17.2 Å². The molecule has 11 heteroatoms. The van der Waals surface area contributed by atoms with Crippen molar-refractivity contribution in [3.63, 3.8) is 0 Å². The van der Waals surface area contributed by atoms with Gasteiger partial charge in [0.25, 0.3) is 10.0 Å². The average Bonchev–Trinajstić information content (AvgIpc) is 2.47. The van der Waals surface area contributed by atoms with Gasteiger partial charge in [0.15, 0.2) is 0 Å². The van der Waals surface area contributed by atoms with Gasteiger partial charge in [-0.15, -0.1) is 0 Å². The van der Waals surface area contributed by atoms with Gasteiger partial charge in [0.2, 0.25) is 0 Å². The Bertz CT molecular complexity index is 740. The van der Waals surface area contributed by atoms with Crippen LogP contribution in [0.1, 0.15) is 6.92 Å². The van der Waals surface area contributed by atoms with Gasteiger partial charge in [0.1, 0.15) is 0 Å². The molecule has 0 atom stereocenters. The molecule has 23 heavy (non-hydrogen) atoms. The molecule has 1 aromatic rings. The molecule has 1 aromatic carbocycles. The van der Waals surface area contributed by atoms with Gasteiger partial charge in [-0.3, -0.25) is 14.4 Å². The largest absolute Gasteiger partial charge is 0.459 e. The Morgan fingerprint density at radius 1 is 1.09 bits per heavy atom. The average molecular weight is 343 g/mol. The molecule has 0 aliphatic rings. The maximum Gasteiger partial charge on any atom is 0.397 e. The van der Waals surface area contributed by atoms with Gasteiger partial charge in [-0.25, -0.2) is 17.9 Å². The Balaban J connectivity index is 2.84. The zero-order valence-electron chi connectivity index (χ0n) is 11.9. The van der Waals surface area contributed by atoms with E-state index in [1.54, 1.807) is 0 Å². The van der Waals surface area contributed by atoms with E-state index < -0.39 is 33.7 Å². The lowest BCUT2D eigenvalue weighted by Crippen LogP contribution is -2.39. The van der Waals surface area contributed by atoms with E-state index >= 15 is 0 Å². The minimum Gasteiger partial charge on any atom is -0.459 e. The molecular formula is C12H13N3O7S. The number of rotatable bonds is 4. The van der Waals surface area contributed by atoms with Gasteiger partial charge in [0, 0.05) is 5.69 Å². The van der Waals surface area contributed by atoms with Gasteiger partial charge in [-0.05, 0) is 31.2 Å². The molecule has 124 valence electrons. The molecule has 3 amide bonds. The van der Waals surface area contributed by atoms with Crippen molar-refractivity contribution >= 4 is 39.4 Å². The Morgan fingerprint density at radius 3 is 2.13 bits per heavy atom. The van der Waals surface area contributed by atoms with Crippen molar-refractivity contribution in [1.29, 1.82) is 0 Å². The van der Waals surface area contributed by atoms with Gasteiger partial charge < -0.3 is 15.8 Å². The van der Waals surface area contributed by atoms with E-state index in [4.69, 9.17) is 0 Å². The van der Waals surface area contributed by atoms with Gasteiger partial charge in [-0.1, -0.05) is 0 Å². The zero-order valence-corrected chi connectivity index (χ0v) is 12.7. The third kappa shape index (κ3) is 5.07. The Labute approximate surface area is 131 Å². The number of hydrogen-bond donors (Lipinski definition) is 3. The number of hydrogen-bond acceptors (Lipinski definition) is 7. The molecule has 0 saturated heterocycles. The van der Waals surface area contributed by atoms with Crippen LogP contribution in [-0.2, 0) is 33.9 Å². The summed E-state index contributed by atoms with van der Waals surface area (Å²) in [5.41, 5.74) is 4.77. The summed E-state index contributed by atoms with van der Waals surface area (Å²) >= 11 is 0. The van der Waals surface area contributed by atoms with Crippen molar-refractivity contribution in [2.45, 2.75) is 11.8 Å². The lowest BCUT2D eigenvalue weighted by Gasteiger charge is -2.07. The molecule has 0 heterocycles. The standard InChI is InChI=1S/C12H13N3O7S/c1-2-22-12(19)11(18)14-7-3-5-8(6-4-7)23(20,21)15-10(17)9(13)16/h3-6H,2H2,1H3,(H2,13,16)(H,14,18)(H,15,17). The number of esters is 1. The normalized spacial score (nSPS) is 10.5. The zero-order chi connectivity index (χ0) is 17.6. The highest BCUT2D eigenvalue weighted by Crippen LogP contribution is 2.14. The fourth-order valence-corrected chi connectivity index (χ4v) is 2.28. The Hall–Kier alpha value is -2.95. The summed E-state index contributed by atoms with van der Waals surface area (Å²) in [5.74, 6) is -5.04. The van der Waals surface area contributed by atoms with E-state index in [2.05, 4.69) is 15.8 Å². The number of primary amides is 1. The summed E-state index contributed by atoms with van der Waals surface area (Å²) in [4.78, 5) is 43.7. The maximum absolute atomic E-state index is 11.8. The van der Waals surface area contributed by atoms with Crippen LogP contribution in [-0.4, -0.2) is 38.7 Å². The summed E-state index contributed by atoms with van der Waals surface area (Å²) < 4.78 is 29.5. The quantitative estimate of drug-likeness (QED) is 0.441.